The zero-order chi connectivity index (χ0) is 21.0. The molecular weight excluding hydrogens is 396 g/mol. The average Bonchev–Trinajstić information content (AvgIpc) is 3.39. The minimum Gasteiger partial charge on any atom is -0.441 e. The van der Waals surface area contributed by atoms with Crippen molar-refractivity contribution in [3.05, 3.63) is 42.6 Å². The fourth-order valence-corrected chi connectivity index (χ4v) is 4.64. The molecule has 8 nitrogen and oxygen atoms in total. The maximum atomic E-state index is 12.3. The highest BCUT2D eigenvalue weighted by atomic mass is 16.6. The first kappa shape index (κ1) is 20.2. The number of carbonyl (C=O) groups excluding carboxylic acids is 1. The average molecular weight is 425 g/mol. The molecule has 1 amide bonds. The van der Waals surface area contributed by atoms with Gasteiger partial charge in [-0.2, -0.15) is 0 Å². The van der Waals surface area contributed by atoms with Crippen LogP contribution < -0.4 is 10.6 Å². The Balaban J connectivity index is 1.17. The lowest BCUT2D eigenvalue weighted by atomic mass is 9.96. The molecule has 1 aromatic heterocycles. The first-order valence-corrected chi connectivity index (χ1v) is 11.1. The van der Waals surface area contributed by atoms with E-state index < -0.39 is 6.10 Å². The summed E-state index contributed by atoms with van der Waals surface area (Å²) in [5.74, 6) is 0.526. The number of nitrogens with zero attached hydrogens (tertiary/aromatic N) is 2. The van der Waals surface area contributed by atoms with Crippen molar-refractivity contribution in [2.24, 2.45) is 0 Å². The lowest BCUT2D eigenvalue weighted by Crippen LogP contribution is -2.42. The van der Waals surface area contributed by atoms with Crippen molar-refractivity contribution in [2.45, 2.75) is 62.5 Å². The Morgan fingerprint density at radius 2 is 1.81 bits per heavy atom. The van der Waals surface area contributed by atoms with E-state index in [4.69, 9.17) is 14.2 Å². The number of nitrogens with one attached hydrogen (secondary N) is 2. The summed E-state index contributed by atoms with van der Waals surface area (Å²) in [6.45, 7) is 0.773. The van der Waals surface area contributed by atoms with Crippen molar-refractivity contribution in [3.63, 3.8) is 0 Å². The molecule has 0 spiro atoms. The molecule has 5 rings (SSSR count). The van der Waals surface area contributed by atoms with Crippen LogP contribution in [-0.4, -0.2) is 59.7 Å². The third-order valence-electron chi connectivity index (χ3n) is 6.23. The van der Waals surface area contributed by atoms with Gasteiger partial charge in [0.2, 0.25) is 5.95 Å². The van der Waals surface area contributed by atoms with Gasteiger partial charge in [0.15, 0.2) is 6.10 Å². The molecule has 3 fully saturated rings. The van der Waals surface area contributed by atoms with Crippen molar-refractivity contribution in [1.82, 2.24) is 15.3 Å². The van der Waals surface area contributed by atoms with E-state index in [0.717, 1.165) is 36.9 Å². The largest absolute Gasteiger partial charge is 0.441 e. The van der Waals surface area contributed by atoms with E-state index in [1.165, 1.54) is 6.42 Å². The molecule has 3 heterocycles. The smallest absolute Gasteiger partial charge is 0.407 e. The third-order valence-corrected chi connectivity index (χ3v) is 6.23. The molecule has 2 aromatic rings. The fourth-order valence-electron chi connectivity index (χ4n) is 4.64. The molecule has 0 bridgehead atoms. The number of benzene rings is 1. The van der Waals surface area contributed by atoms with Gasteiger partial charge in [-0.3, -0.25) is 0 Å². The van der Waals surface area contributed by atoms with Gasteiger partial charge in [-0.25, -0.2) is 14.8 Å². The summed E-state index contributed by atoms with van der Waals surface area (Å²) in [6, 6.07) is 12.0. The number of anilines is 1. The molecule has 3 aliphatic rings. The zero-order valence-electron chi connectivity index (χ0n) is 17.4. The highest BCUT2D eigenvalue weighted by Gasteiger charge is 2.49. The second-order valence-electron chi connectivity index (χ2n) is 8.40. The number of aromatic nitrogens is 2. The molecule has 1 aliphatic carbocycles. The Morgan fingerprint density at radius 1 is 1.00 bits per heavy atom. The monoisotopic (exact) mass is 424 g/mol. The number of amides is 1. The molecule has 164 valence electrons. The molecule has 4 atom stereocenters. The van der Waals surface area contributed by atoms with Crippen molar-refractivity contribution in [3.8, 4) is 11.3 Å². The lowest BCUT2D eigenvalue weighted by Gasteiger charge is -2.24. The molecular formula is C23H28N4O4. The van der Waals surface area contributed by atoms with Crippen molar-refractivity contribution >= 4 is 12.0 Å². The number of ether oxygens (including phenoxy) is 3. The van der Waals surface area contributed by atoms with Gasteiger partial charge >= 0.3 is 6.09 Å². The van der Waals surface area contributed by atoms with Gasteiger partial charge < -0.3 is 24.8 Å². The number of carbonyl (C=O) groups is 1. The van der Waals surface area contributed by atoms with Gasteiger partial charge in [-0.05, 0) is 18.9 Å². The molecule has 2 aliphatic heterocycles. The maximum absolute atomic E-state index is 12.3. The summed E-state index contributed by atoms with van der Waals surface area (Å²) in [5, 5.41) is 6.32. The molecule has 1 aromatic carbocycles. The third kappa shape index (κ3) is 4.65. The van der Waals surface area contributed by atoms with Crippen LogP contribution in [0.5, 0.6) is 0 Å². The molecule has 0 radical (unpaired) electrons. The van der Waals surface area contributed by atoms with Crippen LogP contribution in [0.25, 0.3) is 11.3 Å². The molecule has 4 unspecified atom stereocenters. The minimum absolute atomic E-state index is 0.106. The predicted molar refractivity (Wildman–Crippen MR) is 115 cm³/mol. The number of hydrogen-bond acceptors (Lipinski definition) is 7. The van der Waals surface area contributed by atoms with Crippen LogP contribution in [0.2, 0.25) is 0 Å². The Morgan fingerprint density at radius 3 is 2.65 bits per heavy atom. The SMILES string of the molecule is O=C(NC1CCCCC1)OC1COC2C(Nc3nccc(-c4ccccc4)n3)COC12. The van der Waals surface area contributed by atoms with Gasteiger partial charge in [0.1, 0.15) is 12.2 Å². The van der Waals surface area contributed by atoms with Gasteiger partial charge in [0.05, 0.1) is 24.9 Å². The Labute approximate surface area is 181 Å². The van der Waals surface area contributed by atoms with Crippen LogP contribution in [0.15, 0.2) is 42.6 Å². The van der Waals surface area contributed by atoms with E-state index in [-0.39, 0.29) is 30.4 Å². The molecule has 1 saturated carbocycles. The second-order valence-corrected chi connectivity index (χ2v) is 8.40. The normalized spacial score (nSPS) is 28.1. The Hall–Kier alpha value is -2.71. The van der Waals surface area contributed by atoms with Crippen LogP contribution in [0.1, 0.15) is 32.1 Å². The van der Waals surface area contributed by atoms with Crippen LogP contribution in [0.4, 0.5) is 10.7 Å². The van der Waals surface area contributed by atoms with Crippen LogP contribution in [0.3, 0.4) is 0 Å². The summed E-state index contributed by atoms with van der Waals surface area (Å²) in [6.07, 6.45) is 6.06. The van der Waals surface area contributed by atoms with Gasteiger partial charge in [-0.1, -0.05) is 49.6 Å². The number of hydrogen-bond donors (Lipinski definition) is 2. The highest BCUT2D eigenvalue weighted by Crippen LogP contribution is 2.30. The summed E-state index contributed by atoms with van der Waals surface area (Å²) in [4.78, 5) is 21.3. The molecule has 8 heteroatoms. The standard InChI is InChI=1S/C23H28N4O4/c28-23(25-16-9-5-2-6-10-16)31-19-14-30-20-18(13-29-21(19)20)27-22-24-12-11-17(26-22)15-7-3-1-4-8-15/h1,3-4,7-8,11-12,16,18-21H,2,5-6,9-10,13-14H2,(H,25,28)(H,24,26,27). The number of alkyl carbamates (subject to hydrolysis) is 1. The number of fused-ring (bicyclic) bond motifs is 1. The van der Waals surface area contributed by atoms with Crippen molar-refractivity contribution < 1.29 is 19.0 Å². The maximum Gasteiger partial charge on any atom is 0.407 e. The van der Waals surface area contributed by atoms with E-state index in [1.807, 2.05) is 36.4 Å². The van der Waals surface area contributed by atoms with E-state index in [9.17, 15) is 4.79 Å². The second kappa shape index (κ2) is 9.20. The Kier molecular flexibility index (Phi) is 5.99. The van der Waals surface area contributed by atoms with E-state index >= 15 is 0 Å². The van der Waals surface area contributed by atoms with Crippen molar-refractivity contribution in [2.75, 3.05) is 18.5 Å². The molecule has 2 saturated heterocycles. The summed E-state index contributed by atoms with van der Waals surface area (Å²) in [7, 11) is 0. The van der Waals surface area contributed by atoms with Crippen molar-refractivity contribution in [1.29, 1.82) is 0 Å². The van der Waals surface area contributed by atoms with Gasteiger partial charge in [0, 0.05) is 17.8 Å². The first-order valence-electron chi connectivity index (χ1n) is 11.1. The minimum atomic E-state index is -0.406. The van der Waals surface area contributed by atoms with Crippen LogP contribution in [-0.2, 0) is 14.2 Å². The Bertz CT molecular complexity index is 890. The van der Waals surface area contributed by atoms with E-state index in [0.29, 0.717) is 19.2 Å². The quantitative estimate of drug-likeness (QED) is 0.761. The zero-order valence-corrected chi connectivity index (χ0v) is 17.4. The number of rotatable bonds is 5. The highest BCUT2D eigenvalue weighted by molar-refractivity contribution is 5.68. The van der Waals surface area contributed by atoms with E-state index in [2.05, 4.69) is 20.6 Å². The first-order chi connectivity index (χ1) is 15.3. The van der Waals surface area contributed by atoms with E-state index in [1.54, 1.807) is 6.20 Å². The van der Waals surface area contributed by atoms with Crippen LogP contribution >= 0.6 is 0 Å². The predicted octanol–water partition coefficient (Wildman–Crippen LogP) is 3.15. The summed E-state index contributed by atoms with van der Waals surface area (Å²) in [5.41, 5.74) is 1.88. The van der Waals surface area contributed by atoms with Gasteiger partial charge in [-0.15, -0.1) is 0 Å². The van der Waals surface area contributed by atoms with Gasteiger partial charge in [0.25, 0.3) is 0 Å². The molecule has 31 heavy (non-hydrogen) atoms. The topological polar surface area (TPSA) is 94.6 Å². The fraction of sp³-hybridized carbons (Fsp3) is 0.522. The lowest BCUT2D eigenvalue weighted by molar-refractivity contribution is 0.00314. The molecule has 2 N–H and O–H groups in total. The summed E-state index contributed by atoms with van der Waals surface area (Å²) < 4.78 is 17.5. The summed E-state index contributed by atoms with van der Waals surface area (Å²) >= 11 is 0. The van der Waals surface area contributed by atoms with Crippen LogP contribution in [0, 0.1) is 0 Å².